The summed E-state index contributed by atoms with van der Waals surface area (Å²) in [6, 6.07) is 9.64. The van der Waals surface area contributed by atoms with Crippen molar-refractivity contribution in [1.82, 2.24) is 0 Å². The fourth-order valence-electron chi connectivity index (χ4n) is 2.95. The van der Waals surface area contributed by atoms with E-state index in [1.54, 1.807) is 24.3 Å². The number of anilines is 1. The van der Waals surface area contributed by atoms with Crippen molar-refractivity contribution in [1.29, 1.82) is 0 Å². The maximum absolute atomic E-state index is 12.7. The highest BCUT2D eigenvalue weighted by Gasteiger charge is 2.38. The van der Waals surface area contributed by atoms with E-state index in [-0.39, 0.29) is 17.0 Å². The first-order valence-electron chi connectivity index (χ1n) is 7.50. The molecule has 0 saturated carbocycles. The van der Waals surface area contributed by atoms with Crippen molar-refractivity contribution in [2.24, 2.45) is 0 Å². The zero-order valence-corrected chi connectivity index (χ0v) is 12.9. The van der Waals surface area contributed by atoms with Gasteiger partial charge in [0.05, 0.1) is 16.8 Å². The monoisotopic (exact) mass is 323 g/mol. The summed E-state index contributed by atoms with van der Waals surface area (Å²) < 4.78 is 11.0. The SMILES string of the molecule is CC(=O)c1cc2c(cc1N1C(=O)c3ccccc3C1=O)OCCO2. The minimum Gasteiger partial charge on any atom is -0.486 e. The Kier molecular flexibility index (Phi) is 3.13. The average Bonchev–Trinajstić information content (AvgIpc) is 2.85. The molecule has 0 aliphatic carbocycles. The average molecular weight is 323 g/mol. The molecule has 2 aromatic rings. The van der Waals surface area contributed by atoms with E-state index in [9.17, 15) is 14.4 Å². The molecule has 0 unspecified atom stereocenters. The number of carbonyl (C=O) groups is 3. The number of nitrogens with zero attached hydrogens (tertiary/aromatic N) is 1. The molecule has 2 heterocycles. The second-order valence-corrected chi connectivity index (χ2v) is 5.56. The Balaban J connectivity index is 1.89. The van der Waals surface area contributed by atoms with Crippen molar-refractivity contribution in [3.63, 3.8) is 0 Å². The molecule has 0 radical (unpaired) electrons. The Morgan fingerprint density at radius 1 is 0.958 bits per heavy atom. The molecule has 4 rings (SSSR count). The third-order valence-electron chi connectivity index (χ3n) is 4.07. The first-order chi connectivity index (χ1) is 11.6. The lowest BCUT2D eigenvalue weighted by Gasteiger charge is -2.23. The van der Waals surface area contributed by atoms with Gasteiger partial charge in [0.25, 0.3) is 11.8 Å². The largest absolute Gasteiger partial charge is 0.486 e. The standard InChI is InChI=1S/C18H13NO5/c1-10(20)13-8-15-16(24-7-6-23-15)9-14(13)19-17(21)11-4-2-3-5-12(11)18(19)22/h2-5,8-9H,6-7H2,1H3. The maximum atomic E-state index is 12.7. The summed E-state index contributed by atoms with van der Waals surface area (Å²) in [6.45, 7) is 2.14. The molecule has 0 bridgehead atoms. The molecule has 2 aliphatic heterocycles. The van der Waals surface area contributed by atoms with Crippen LogP contribution in [0.5, 0.6) is 11.5 Å². The number of hydrogen-bond donors (Lipinski definition) is 0. The van der Waals surface area contributed by atoms with Crippen molar-refractivity contribution in [3.05, 3.63) is 53.1 Å². The minimum atomic E-state index is -0.449. The summed E-state index contributed by atoms with van der Waals surface area (Å²) in [7, 11) is 0. The summed E-state index contributed by atoms with van der Waals surface area (Å²) in [5, 5.41) is 0. The number of ketones is 1. The summed E-state index contributed by atoms with van der Waals surface area (Å²) in [4.78, 5) is 38.4. The lowest BCUT2D eigenvalue weighted by atomic mass is 10.1. The number of ether oxygens (including phenoxy) is 2. The normalized spacial score (nSPS) is 15.5. The van der Waals surface area contributed by atoms with E-state index in [1.165, 1.54) is 19.1 Å². The Bertz CT molecular complexity index is 867. The lowest BCUT2D eigenvalue weighted by Crippen LogP contribution is -2.31. The predicted molar refractivity (Wildman–Crippen MR) is 85.0 cm³/mol. The molecule has 0 fully saturated rings. The molecule has 0 spiro atoms. The third-order valence-corrected chi connectivity index (χ3v) is 4.07. The molecule has 6 heteroatoms. The van der Waals surface area contributed by atoms with Crippen LogP contribution in [0.2, 0.25) is 0 Å². The Morgan fingerprint density at radius 2 is 1.50 bits per heavy atom. The van der Waals surface area contributed by atoms with Gasteiger partial charge in [-0.25, -0.2) is 4.90 Å². The molecular weight excluding hydrogens is 310 g/mol. The number of Topliss-reactive ketones (excluding diaryl/α,β-unsaturated/α-hetero) is 1. The first-order valence-corrected chi connectivity index (χ1v) is 7.50. The van der Waals surface area contributed by atoms with Gasteiger partial charge in [0.2, 0.25) is 0 Å². The van der Waals surface area contributed by atoms with Crippen molar-refractivity contribution >= 4 is 23.3 Å². The first kappa shape index (κ1) is 14.4. The maximum Gasteiger partial charge on any atom is 0.266 e. The fourth-order valence-corrected chi connectivity index (χ4v) is 2.95. The van der Waals surface area contributed by atoms with Crippen LogP contribution in [0.4, 0.5) is 5.69 Å². The minimum absolute atomic E-state index is 0.220. The molecule has 0 aromatic heterocycles. The number of hydrogen-bond acceptors (Lipinski definition) is 5. The van der Waals surface area contributed by atoms with E-state index in [1.807, 2.05) is 0 Å². The lowest BCUT2D eigenvalue weighted by molar-refractivity contribution is 0.0926. The van der Waals surface area contributed by atoms with Crippen LogP contribution in [0, 0.1) is 0 Å². The number of carbonyl (C=O) groups excluding carboxylic acids is 3. The topological polar surface area (TPSA) is 72.9 Å². The number of fused-ring (bicyclic) bond motifs is 2. The second-order valence-electron chi connectivity index (χ2n) is 5.56. The number of amides is 2. The summed E-state index contributed by atoms with van der Waals surface area (Å²) >= 11 is 0. The summed E-state index contributed by atoms with van der Waals surface area (Å²) in [5.74, 6) is -0.312. The van der Waals surface area contributed by atoms with Crippen LogP contribution in [0.15, 0.2) is 36.4 Å². The highest BCUT2D eigenvalue weighted by atomic mass is 16.6. The van der Waals surface area contributed by atoms with Crippen LogP contribution < -0.4 is 14.4 Å². The van der Waals surface area contributed by atoms with Gasteiger partial charge in [0.1, 0.15) is 13.2 Å². The van der Waals surface area contributed by atoms with Gasteiger partial charge in [-0.05, 0) is 25.1 Å². The summed E-state index contributed by atoms with van der Waals surface area (Å²) in [5.41, 5.74) is 1.12. The van der Waals surface area contributed by atoms with Crippen molar-refractivity contribution in [3.8, 4) is 11.5 Å². The highest BCUT2D eigenvalue weighted by molar-refractivity contribution is 6.35. The van der Waals surface area contributed by atoms with Crippen LogP contribution >= 0.6 is 0 Å². The Hall–Kier alpha value is -3.15. The molecule has 0 atom stereocenters. The smallest absolute Gasteiger partial charge is 0.266 e. The van der Waals surface area contributed by atoms with Crippen molar-refractivity contribution < 1.29 is 23.9 Å². The molecule has 2 aromatic carbocycles. The zero-order chi connectivity index (χ0) is 16.8. The third kappa shape index (κ3) is 2.00. The van der Waals surface area contributed by atoms with Gasteiger partial charge in [-0.1, -0.05) is 12.1 Å². The number of imide groups is 1. The number of rotatable bonds is 2. The van der Waals surface area contributed by atoms with Crippen LogP contribution in [-0.4, -0.2) is 30.8 Å². The van der Waals surface area contributed by atoms with E-state index in [4.69, 9.17) is 9.47 Å². The molecule has 0 N–H and O–H groups in total. The van der Waals surface area contributed by atoms with Gasteiger partial charge in [-0.15, -0.1) is 0 Å². The van der Waals surface area contributed by atoms with Crippen molar-refractivity contribution in [2.45, 2.75) is 6.92 Å². The quantitative estimate of drug-likeness (QED) is 0.627. The van der Waals surface area contributed by atoms with Gasteiger partial charge in [-0.3, -0.25) is 14.4 Å². The highest BCUT2D eigenvalue weighted by Crippen LogP contribution is 2.39. The van der Waals surface area contributed by atoms with Gasteiger partial charge >= 0.3 is 0 Å². The predicted octanol–water partition coefficient (Wildman–Crippen LogP) is 2.46. The van der Waals surface area contributed by atoms with Crippen LogP contribution in [0.3, 0.4) is 0 Å². The molecule has 0 saturated heterocycles. The molecule has 24 heavy (non-hydrogen) atoms. The fraction of sp³-hybridized carbons (Fsp3) is 0.167. The second kappa shape index (κ2) is 5.19. The Morgan fingerprint density at radius 3 is 2.04 bits per heavy atom. The van der Waals surface area contributed by atoms with Crippen LogP contribution in [0.1, 0.15) is 38.0 Å². The Labute approximate surface area is 137 Å². The zero-order valence-electron chi connectivity index (χ0n) is 12.9. The van der Waals surface area contributed by atoms with Crippen LogP contribution in [0.25, 0.3) is 0 Å². The van der Waals surface area contributed by atoms with Gasteiger partial charge in [-0.2, -0.15) is 0 Å². The molecule has 120 valence electrons. The summed E-state index contributed by atoms with van der Waals surface area (Å²) in [6.07, 6.45) is 0. The van der Waals surface area contributed by atoms with Crippen LogP contribution in [-0.2, 0) is 0 Å². The van der Waals surface area contributed by atoms with Crippen molar-refractivity contribution in [2.75, 3.05) is 18.1 Å². The molecule has 2 aliphatic rings. The van der Waals surface area contributed by atoms with E-state index in [0.717, 1.165) is 4.90 Å². The van der Waals surface area contributed by atoms with E-state index in [2.05, 4.69) is 0 Å². The number of benzene rings is 2. The van der Waals surface area contributed by atoms with E-state index >= 15 is 0 Å². The van der Waals surface area contributed by atoms with Gasteiger partial charge in [0.15, 0.2) is 17.3 Å². The van der Waals surface area contributed by atoms with Gasteiger partial charge in [0, 0.05) is 11.6 Å². The molecular formula is C18H13NO5. The van der Waals surface area contributed by atoms with E-state index in [0.29, 0.717) is 35.8 Å². The van der Waals surface area contributed by atoms with E-state index < -0.39 is 11.8 Å². The molecule has 2 amide bonds. The van der Waals surface area contributed by atoms with Gasteiger partial charge < -0.3 is 9.47 Å². The molecule has 6 nitrogen and oxygen atoms in total.